The second kappa shape index (κ2) is 4.81. The number of benzene rings is 1. The van der Waals surface area contributed by atoms with Crippen LogP contribution in [0.25, 0.3) is 10.8 Å². The summed E-state index contributed by atoms with van der Waals surface area (Å²) in [4.78, 5) is 16.6. The number of aromatic nitrogens is 2. The molecule has 4 heteroatoms. The molecule has 0 aliphatic heterocycles. The van der Waals surface area contributed by atoms with Gasteiger partial charge in [-0.2, -0.15) is 0 Å². The maximum atomic E-state index is 12.6. The second-order valence-corrected chi connectivity index (χ2v) is 4.79. The van der Waals surface area contributed by atoms with Gasteiger partial charge in [-0.15, -0.1) is 0 Å². The van der Waals surface area contributed by atoms with Gasteiger partial charge in [0, 0.05) is 17.8 Å². The van der Waals surface area contributed by atoms with Crippen LogP contribution >= 0.6 is 0 Å². The molecule has 0 radical (unpaired) electrons. The molecule has 0 saturated carbocycles. The summed E-state index contributed by atoms with van der Waals surface area (Å²) < 4.78 is 1.62. The Morgan fingerprint density at radius 3 is 2.60 bits per heavy atom. The molecular weight excluding hydrogens is 250 g/mol. The minimum Gasteiger partial charge on any atom is -0.385 e. The van der Waals surface area contributed by atoms with Crippen molar-refractivity contribution in [1.29, 1.82) is 0 Å². The van der Waals surface area contributed by atoms with E-state index in [0.717, 1.165) is 10.9 Å². The number of nitrogen functional groups attached to an aromatic ring is 1. The number of fused-ring (bicyclic) bond motifs is 1. The molecule has 1 unspecified atom stereocenters. The molecule has 100 valence electrons. The summed E-state index contributed by atoms with van der Waals surface area (Å²) in [6, 6.07) is 13.0. The minimum absolute atomic E-state index is 0.0649. The minimum atomic E-state index is -0.130. The van der Waals surface area contributed by atoms with E-state index in [4.69, 9.17) is 5.73 Å². The summed E-state index contributed by atoms with van der Waals surface area (Å²) in [5.74, 6) is 0.470. The van der Waals surface area contributed by atoms with Gasteiger partial charge in [-0.1, -0.05) is 18.2 Å². The zero-order valence-corrected chi connectivity index (χ0v) is 11.2. The maximum Gasteiger partial charge on any atom is 0.260 e. The first-order valence-corrected chi connectivity index (χ1v) is 6.48. The van der Waals surface area contributed by atoms with Crippen LogP contribution < -0.4 is 11.3 Å². The lowest BCUT2D eigenvalue weighted by atomic mass is 10.1. The van der Waals surface area contributed by atoms with E-state index in [1.165, 1.54) is 0 Å². The Balaban J connectivity index is 2.24. The van der Waals surface area contributed by atoms with Gasteiger partial charge in [0.05, 0.1) is 6.04 Å². The van der Waals surface area contributed by atoms with Crippen LogP contribution in [0.15, 0.2) is 59.7 Å². The van der Waals surface area contributed by atoms with E-state index in [-0.39, 0.29) is 11.6 Å². The SMILES string of the molecule is CC(c1ccncc1)n1c(N)cc2ccccc2c1=O. The molecule has 1 aromatic carbocycles. The first-order chi connectivity index (χ1) is 9.68. The van der Waals surface area contributed by atoms with Gasteiger partial charge >= 0.3 is 0 Å². The molecule has 1 atom stereocenters. The van der Waals surface area contributed by atoms with Crippen molar-refractivity contribution in [3.63, 3.8) is 0 Å². The number of pyridine rings is 2. The number of nitrogens with zero attached hydrogens (tertiary/aromatic N) is 2. The molecule has 2 N–H and O–H groups in total. The van der Waals surface area contributed by atoms with Crippen LogP contribution in [0.1, 0.15) is 18.5 Å². The smallest absolute Gasteiger partial charge is 0.260 e. The summed E-state index contributed by atoms with van der Waals surface area (Å²) in [5, 5.41) is 1.55. The Morgan fingerprint density at radius 1 is 1.15 bits per heavy atom. The third kappa shape index (κ3) is 1.95. The van der Waals surface area contributed by atoms with E-state index in [0.29, 0.717) is 11.2 Å². The molecule has 0 bridgehead atoms. The third-order valence-corrected chi connectivity index (χ3v) is 3.57. The summed E-state index contributed by atoms with van der Waals surface area (Å²) in [7, 11) is 0. The molecule has 0 aliphatic rings. The van der Waals surface area contributed by atoms with Crippen molar-refractivity contribution in [2.45, 2.75) is 13.0 Å². The highest BCUT2D eigenvalue weighted by atomic mass is 16.1. The number of nitrogens with two attached hydrogens (primary N) is 1. The van der Waals surface area contributed by atoms with Crippen LogP contribution in [-0.2, 0) is 0 Å². The van der Waals surface area contributed by atoms with Crippen molar-refractivity contribution in [2.75, 3.05) is 5.73 Å². The zero-order chi connectivity index (χ0) is 14.1. The van der Waals surface area contributed by atoms with Crippen LogP contribution in [0.5, 0.6) is 0 Å². The van der Waals surface area contributed by atoms with Crippen LogP contribution in [0.4, 0.5) is 5.82 Å². The van der Waals surface area contributed by atoms with E-state index in [2.05, 4.69) is 4.98 Å². The Morgan fingerprint density at radius 2 is 1.85 bits per heavy atom. The number of hydrogen-bond acceptors (Lipinski definition) is 3. The summed E-state index contributed by atoms with van der Waals surface area (Å²) >= 11 is 0. The average molecular weight is 265 g/mol. The van der Waals surface area contributed by atoms with Crippen molar-refractivity contribution in [3.05, 3.63) is 70.8 Å². The first-order valence-electron chi connectivity index (χ1n) is 6.48. The fraction of sp³-hybridized carbons (Fsp3) is 0.125. The van der Waals surface area contributed by atoms with E-state index in [1.807, 2.05) is 49.4 Å². The Bertz CT molecular complexity index is 809. The van der Waals surface area contributed by atoms with E-state index < -0.39 is 0 Å². The standard InChI is InChI=1S/C16H15N3O/c1-11(12-6-8-18-9-7-12)19-15(17)10-13-4-2-3-5-14(13)16(19)20/h2-11H,17H2,1H3. The quantitative estimate of drug-likeness (QED) is 0.774. The number of hydrogen-bond donors (Lipinski definition) is 1. The maximum absolute atomic E-state index is 12.6. The topological polar surface area (TPSA) is 60.9 Å². The summed E-state index contributed by atoms with van der Waals surface area (Å²) in [5.41, 5.74) is 7.01. The summed E-state index contributed by atoms with van der Waals surface area (Å²) in [6.45, 7) is 1.96. The summed E-state index contributed by atoms with van der Waals surface area (Å²) in [6.07, 6.45) is 3.43. The van der Waals surface area contributed by atoms with Crippen LogP contribution in [0.2, 0.25) is 0 Å². The van der Waals surface area contributed by atoms with Crippen molar-refractivity contribution in [1.82, 2.24) is 9.55 Å². The Labute approximate surface area is 116 Å². The second-order valence-electron chi connectivity index (χ2n) is 4.79. The molecule has 3 rings (SSSR count). The van der Waals surface area contributed by atoms with Crippen LogP contribution in [-0.4, -0.2) is 9.55 Å². The fourth-order valence-corrected chi connectivity index (χ4v) is 2.48. The van der Waals surface area contributed by atoms with Crippen LogP contribution in [0.3, 0.4) is 0 Å². The van der Waals surface area contributed by atoms with Gasteiger partial charge in [-0.05, 0) is 42.1 Å². The molecule has 0 amide bonds. The molecule has 0 aliphatic carbocycles. The molecule has 20 heavy (non-hydrogen) atoms. The van der Waals surface area contributed by atoms with Gasteiger partial charge in [0.2, 0.25) is 0 Å². The largest absolute Gasteiger partial charge is 0.385 e. The van der Waals surface area contributed by atoms with Gasteiger partial charge in [0.15, 0.2) is 0 Å². The highest BCUT2D eigenvalue weighted by molar-refractivity contribution is 5.83. The number of anilines is 1. The molecule has 0 saturated heterocycles. The predicted molar refractivity (Wildman–Crippen MR) is 80.7 cm³/mol. The molecule has 2 aromatic heterocycles. The zero-order valence-electron chi connectivity index (χ0n) is 11.2. The first kappa shape index (κ1) is 12.4. The van der Waals surface area contributed by atoms with Crippen molar-refractivity contribution in [3.8, 4) is 0 Å². The fourth-order valence-electron chi connectivity index (χ4n) is 2.48. The normalized spacial score (nSPS) is 12.4. The lowest BCUT2D eigenvalue weighted by Gasteiger charge is -2.18. The van der Waals surface area contributed by atoms with Crippen molar-refractivity contribution >= 4 is 16.6 Å². The monoisotopic (exact) mass is 265 g/mol. The molecule has 0 fully saturated rings. The van der Waals surface area contributed by atoms with Gasteiger partial charge < -0.3 is 5.73 Å². The average Bonchev–Trinajstić information content (AvgIpc) is 2.48. The molecule has 0 spiro atoms. The van der Waals surface area contributed by atoms with Crippen LogP contribution in [0, 0.1) is 0 Å². The van der Waals surface area contributed by atoms with Gasteiger partial charge in [0.25, 0.3) is 5.56 Å². The van der Waals surface area contributed by atoms with E-state index >= 15 is 0 Å². The van der Waals surface area contributed by atoms with Crippen molar-refractivity contribution in [2.24, 2.45) is 0 Å². The Hall–Kier alpha value is -2.62. The number of rotatable bonds is 2. The van der Waals surface area contributed by atoms with Gasteiger partial charge in [0.1, 0.15) is 5.82 Å². The molecule has 3 aromatic rings. The highest BCUT2D eigenvalue weighted by Gasteiger charge is 2.14. The van der Waals surface area contributed by atoms with E-state index in [1.54, 1.807) is 17.0 Å². The molecule has 4 nitrogen and oxygen atoms in total. The predicted octanol–water partition coefficient (Wildman–Crippen LogP) is 2.59. The molecule has 2 heterocycles. The van der Waals surface area contributed by atoms with E-state index in [9.17, 15) is 4.79 Å². The lowest BCUT2D eigenvalue weighted by molar-refractivity contribution is 0.628. The molecular formula is C16H15N3O. The lowest BCUT2D eigenvalue weighted by Crippen LogP contribution is -2.26. The van der Waals surface area contributed by atoms with Gasteiger partial charge in [-0.25, -0.2) is 0 Å². The van der Waals surface area contributed by atoms with Crippen molar-refractivity contribution < 1.29 is 0 Å². The highest BCUT2D eigenvalue weighted by Crippen LogP contribution is 2.21. The third-order valence-electron chi connectivity index (χ3n) is 3.57. The Kier molecular flexibility index (Phi) is 2.99. The van der Waals surface area contributed by atoms with Gasteiger partial charge in [-0.3, -0.25) is 14.3 Å².